The van der Waals surface area contributed by atoms with Gasteiger partial charge in [-0.3, -0.25) is 0 Å². The van der Waals surface area contributed by atoms with Crippen LogP contribution in [-0.2, 0) is 12.4 Å². The molecular formula is C20H10F10N2O2. The van der Waals surface area contributed by atoms with Gasteiger partial charge in [-0.05, 0) is 24.3 Å². The topological polar surface area (TPSA) is 70.5 Å². The number of hydrogen-bond acceptors (Lipinski definition) is 4. The lowest BCUT2D eigenvalue weighted by Crippen LogP contribution is -2.21. The second-order valence-corrected chi connectivity index (χ2v) is 6.60. The lowest BCUT2D eigenvalue weighted by Gasteiger charge is -2.23. The van der Waals surface area contributed by atoms with Crippen LogP contribution in [0.5, 0.6) is 23.0 Å². The largest absolute Gasteiger partial charge is 0.453 e. The van der Waals surface area contributed by atoms with E-state index in [1.807, 2.05) is 0 Å². The minimum Gasteiger partial charge on any atom is -0.453 e. The zero-order chi connectivity index (χ0) is 25.6. The zero-order valence-electron chi connectivity index (χ0n) is 16.2. The zero-order valence-corrected chi connectivity index (χ0v) is 16.2. The van der Waals surface area contributed by atoms with Crippen molar-refractivity contribution in [2.45, 2.75) is 12.4 Å². The van der Waals surface area contributed by atoms with Crippen LogP contribution in [0.15, 0.2) is 36.4 Å². The quantitative estimate of drug-likeness (QED) is 0.298. The van der Waals surface area contributed by atoms with Gasteiger partial charge in [0.1, 0.15) is 34.3 Å². The Labute approximate surface area is 183 Å². The van der Waals surface area contributed by atoms with Crippen LogP contribution in [0.3, 0.4) is 0 Å². The Hall–Kier alpha value is -3.84. The van der Waals surface area contributed by atoms with Gasteiger partial charge in [-0.25, -0.2) is 13.2 Å². The molecule has 0 radical (unpaired) electrons. The summed E-state index contributed by atoms with van der Waals surface area (Å²) in [6, 6.07) is 3.75. The fourth-order valence-electron chi connectivity index (χ4n) is 2.77. The highest BCUT2D eigenvalue weighted by atomic mass is 19.4. The number of ether oxygens (including phenoxy) is 2. The summed E-state index contributed by atoms with van der Waals surface area (Å²) in [4.78, 5) is 0. The van der Waals surface area contributed by atoms with E-state index in [4.69, 9.17) is 11.5 Å². The third-order valence-corrected chi connectivity index (χ3v) is 4.24. The average Bonchev–Trinajstić information content (AvgIpc) is 2.70. The Kier molecular flexibility index (Phi) is 6.20. The van der Waals surface area contributed by atoms with Gasteiger partial charge in [0.2, 0.25) is 11.6 Å². The van der Waals surface area contributed by atoms with Gasteiger partial charge in [-0.2, -0.15) is 30.7 Å². The minimum absolute atomic E-state index is 0.562. The fourth-order valence-corrected chi connectivity index (χ4v) is 2.77. The highest BCUT2D eigenvalue weighted by Crippen LogP contribution is 2.52. The molecule has 0 amide bonds. The van der Waals surface area contributed by atoms with Gasteiger partial charge in [0.15, 0.2) is 11.6 Å². The predicted molar refractivity (Wildman–Crippen MR) is 98.1 cm³/mol. The van der Waals surface area contributed by atoms with E-state index in [2.05, 4.69) is 9.47 Å². The van der Waals surface area contributed by atoms with E-state index in [1.54, 1.807) is 0 Å². The summed E-state index contributed by atoms with van der Waals surface area (Å²) >= 11 is 0. The summed E-state index contributed by atoms with van der Waals surface area (Å²) in [7, 11) is 0. The van der Waals surface area contributed by atoms with E-state index >= 15 is 4.39 Å². The van der Waals surface area contributed by atoms with E-state index in [-0.39, 0.29) is 0 Å². The lowest BCUT2D eigenvalue weighted by atomic mass is 10.0. The summed E-state index contributed by atoms with van der Waals surface area (Å²) in [6.07, 6.45) is -12.0. The van der Waals surface area contributed by atoms with Crippen molar-refractivity contribution in [2.24, 2.45) is 0 Å². The maximum Gasteiger partial charge on any atom is 0.420 e. The van der Waals surface area contributed by atoms with Crippen LogP contribution in [0.25, 0.3) is 0 Å². The van der Waals surface area contributed by atoms with Crippen LogP contribution in [0.2, 0.25) is 0 Å². The van der Waals surface area contributed by atoms with Gasteiger partial charge >= 0.3 is 12.4 Å². The van der Waals surface area contributed by atoms with Gasteiger partial charge in [-0.1, -0.05) is 0 Å². The molecule has 0 aliphatic heterocycles. The molecule has 0 unspecified atom stereocenters. The molecule has 14 heteroatoms. The third-order valence-electron chi connectivity index (χ3n) is 4.24. The van der Waals surface area contributed by atoms with Crippen molar-refractivity contribution >= 4 is 11.4 Å². The number of alkyl halides is 6. The second-order valence-electron chi connectivity index (χ2n) is 6.60. The summed E-state index contributed by atoms with van der Waals surface area (Å²) in [5.41, 5.74) is 3.37. The van der Waals surface area contributed by atoms with Crippen LogP contribution >= 0.6 is 0 Å². The number of hydrogen-bond donors (Lipinski definition) is 2. The van der Waals surface area contributed by atoms with Crippen molar-refractivity contribution < 1.29 is 53.4 Å². The van der Waals surface area contributed by atoms with Crippen molar-refractivity contribution in [3.05, 3.63) is 70.8 Å². The Morgan fingerprint density at radius 1 is 0.559 bits per heavy atom. The number of halogens is 10. The van der Waals surface area contributed by atoms with Gasteiger partial charge in [-0.15, -0.1) is 0 Å². The number of anilines is 2. The molecule has 3 aromatic carbocycles. The first-order valence-corrected chi connectivity index (χ1v) is 8.76. The van der Waals surface area contributed by atoms with Crippen LogP contribution in [0.4, 0.5) is 55.3 Å². The Bertz CT molecular complexity index is 1260. The van der Waals surface area contributed by atoms with E-state index in [1.165, 1.54) is 0 Å². The molecule has 0 bridgehead atoms. The van der Waals surface area contributed by atoms with Crippen LogP contribution in [0.1, 0.15) is 11.1 Å². The van der Waals surface area contributed by atoms with E-state index in [0.717, 1.165) is 0 Å². The summed E-state index contributed by atoms with van der Waals surface area (Å²) in [5, 5.41) is 0. The molecule has 0 saturated carbocycles. The lowest BCUT2D eigenvalue weighted by molar-refractivity contribution is -0.165. The van der Waals surface area contributed by atoms with Crippen molar-refractivity contribution in [3.8, 4) is 23.0 Å². The first-order chi connectivity index (χ1) is 15.6. The minimum atomic E-state index is -6.01. The van der Waals surface area contributed by atoms with Gasteiger partial charge in [0.05, 0.1) is 11.4 Å². The maximum atomic E-state index is 15.1. The van der Waals surface area contributed by atoms with Crippen molar-refractivity contribution in [1.29, 1.82) is 0 Å². The Morgan fingerprint density at radius 2 is 0.971 bits per heavy atom. The van der Waals surface area contributed by atoms with Crippen LogP contribution < -0.4 is 20.9 Å². The van der Waals surface area contributed by atoms with Crippen LogP contribution in [-0.4, -0.2) is 0 Å². The van der Waals surface area contributed by atoms with Gasteiger partial charge in [0, 0.05) is 12.1 Å². The molecule has 0 aliphatic rings. The Morgan fingerprint density at radius 3 is 1.35 bits per heavy atom. The normalized spacial score (nSPS) is 12.1. The molecule has 0 aliphatic carbocycles. The monoisotopic (exact) mass is 500 g/mol. The maximum absolute atomic E-state index is 15.1. The second kappa shape index (κ2) is 8.50. The highest BCUT2D eigenvalue weighted by molar-refractivity contribution is 5.56. The molecule has 0 spiro atoms. The molecule has 182 valence electrons. The number of nitrogens with two attached hydrogens (primary N) is 2. The van der Waals surface area contributed by atoms with Gasteiger partial charge < -0.3 is 20.9 Å². The third kappa shape index (κ3) is 4.75. The average molecular weight is 500 g/mol. The van der Waals surface area contributed by atoms with Crippen LogP contribution in [0, 0.1) is 23.3 Å². The standard InChI is InChI=1S/C20H10F10N2O2/c21-9-3-1-7(5-11(9)31)33-17-14(20(28,29)30)13(19(25,26)27)15(23)18(16(17)24)34-8-2-4-10(22)12(32)6-8/h1-6H,31-32H2. The van der Waals surface area contributed by atoms with E-state index in [9.17, 15) is 39.5 Å². The van der Waals surface area contributed by atoms with E-state index in [0.29, 0.717) is 36.4 Å². The van der Waals surface area contributed by atoms with E-state index < -0.39 is 81.1 Å². The molecule has 0 aromatic heterocycles. The summed E-state index contributed by atoms with van der Waals surface area (Å²) in [5.74, 6) is -12.8. The highest BCUT2D eigenvalue weighted by Gasteiger charge is 2.51. The van der Waals surface area contributed by atoms with Crippen molar-refractivity contribution in [1.82, 2.24) is 0 Å². The molecule has 4 nitrogen and oxygen atoms in total. The SMILES string of the molecule is Nc1cc(Oc2c(F)c(Oc3ccc(F)c(N)c3)c(C(F)(F)F)c(C(F)(F)F)c2F)ccc1F. The molecule has 0 heterocycles. The molecule has 0 fully saturated rings. The molecule has 3 aromatic rings. The number of rotatable bonds is 4. The Balaban J connectivity index is 2.33. The summed E-state index contributed by atoms with van der Waals surface area (Å²) < 4.78 is 147. The smallest absolute Gasteiger partial charge is 0.420 e. The number of nitrogen functional groups attached to an aromatic ring is 2. The number of benzene rings is 3. The molecule has 3 rings (SSSR count). The molecule has 0 saturated heterocycles. The predicted octanol–water partition coefficient (Wildman–Crippen LogP) is 7.03. The molecule has 0 atom stereocenters. The fraction of sp³-hybridized carbons (Fsp3) is 0.100. The molecule has 34 heavy (non-hydrogen) atoms. The molecular weight excluding hydrogens is 490 g/mol. The van der Waals surface area contributed by atoms with Crippen molar-refractivity contribution in [2.75, 3.05) is 11.5 Å². The molecule has 4 N–H and O–H groups in total. The first-order valence-electron chi connectivity index (χ1n) is 8.76. The van der Waals surface area contributed by atoms with Gasteiger partial charge in [0.25, 0.3) is 0 Å². The summed E-state index contributed by atoms with van der Waals surface area (Å²) in [6.45, 7) is 0. The first kappa shape index (κ1) is 24.8. The van der Waals surface area contributed by atoms with Crippen molar-refractivity contribution in [3.63, 3.8) is 0 Å².